The summed E-state index contributed by atoms with van der Waals surface area (Å²) in [4.78, 5) is 116. The van der Waals surface area contributed by atoms with Crippen LogP contribution in [0.15, 0.2) is 54.0 Å². The standard InChI is InChI=1S/C40H52BrN15O11S/c1-53-15-21(9-27(53)35(62)45-7-8-46-40(43)44)49-37(64)29-11-23(17-55(29)3)51-38(65)30-12-22(16-56(30)4)50-36(63)28-10-20(14-54(28)2)48-33(60)24(41)18-68-19-26(34(61)47-13-32(58)59)52-31(57)6-5-25(42)39(66)67/h9-12,14-17,24-26H,5-8,13,18-19,42H2,1-4H3,(H,45,62)(H,47,61)(H,48,60)(H,49,64)(H,50,63)(H,51,65)(H,52,57)(H,58,59)(H,66,67)(H4,43,44,46)/t24?,25-,26-/m0/s1. The van der Waals surface area contributed by atoms with E-state index in [1.54, 1.807) is 45.2 Å². The van der Waals surface area contributed by atoms with Crippen molar-refractivity contribution in [2.45, 2.75) is 29.8 Å². The molecule has 0 saturated heterocycles. The van der Waals surface area contributed by atoms with E-state index >= 15 is 0 Å². The van der Waals surface area contributed by atoms with Crippen LogP contribution in [0.5, 0.6) is 0 Å². The molecule has 0 saturated carbocycles. The van der Waals surface area contributed by atoms with Gasteiger partial charge in [0.25, 0.3) is 23.6 Å². The molecule has 26 nitrogen and oxygen atoms in total. The predicted octanol–water partition coefficient (Wildman–Crippen LogP) is -0.886. The van der Waals surface area contributed by atoms with Crippen molar-refractivity contribution in [3.63, 3.8) is 0 Å². The van der Waals surface area contributed by atoms with Gasteiger partial charge in [0.05, 0.1) is 29.3 Å². The molecule has 4 aromatic heterocycles. The number of carboxylic acid groups (broad SMARTS) is 2. The third-order valence-electron chi connectivity index (χ3n) is 9.58. The van der Waals surface area contributed by atoms with E-state index in [0.717, 1.165) is 11.8 Å². The Hall–Kier alpha value is -7.59. The van der Waals surface area contributed by atoms with Gasteiger partial charge in [-0.1, -0.05) is 15.9 Å². The summed E-state index contributed by atoms with van der Waals surface area (Å²) in [7, 11) is 6.45. The first-order valence-corrected chi connectivity index (χ1v) is 22.3. The Morgan fingerprint density at radius 3 is 1.53 bits per heavy atom. The minimum Gasteiger partial charge on any atom is -0.480 e. The number of anilines is 4. The zero-order chi connectivity index (χ0) is 50.4. The molecular weight excluding hydrogens is 979 g/mol. The number of aliphatic carboxylic acids is 2. The van der Waals surface area contributed by atoms with E-state index in [9.17, 15) is 43.2 Å². The quantitative estimate of drug-likeness (QED) is 0.0175. The van der Waals surface area contributed by atoms with Gasteiger partial charge in [0.2, 0.25) is 17.7 Å². The van der Waals surface area contributed by atoms with Gasteiger partial charge in [-0.3, -0.25) is 48.1 Å². The van der Waals surface area contributed by atoms with Gasteiger partial charge in [-0.2, -0.15) is 11.8 Å². The lowest BCUT2D eigenvalue weighted by Crippen LogP contribution is -2.49. The van der Waals surface area contributed by atoms with E-state index in [1.165, 1.54) is 50.4 Å². The number of hydrogen-bond acceptors (Lipinski definition) is 12. The van der Waals surface area contributed by atoms with Crippen LogP contribution >= 0.6 is 27.7 Å². The number of halogens is 1. The first-order valence-electron chi connectivity index (χ1n) is 20.3. The van der Waals surface area contributed by atoms with Gasteiger partial charge in [-0.15, -0.1) is 0 Å². The van der Waals surface area contributed by atoms with Crippen LogP contribution in [0.3, 0.4) is 0 Å². The summed E-state index contributed by atoms with van der Waals surface area (Å²) in [5.74, 6) is -6.71. The van der Waals surface area contributed by atoms with Crippen molar-refractivity contribution in [2.75, 3.05) is 52.4 Å². The van der Waals surface area contributed by atoms with Gasteiger partial charge in [0, 0.05) is 77.4 Å². The smallest absolute Gasteiger partial charge is 0.322 e. The maximum Gasteiger partial charge on any atom is 0.322 e. The van der Waals surface area contributed by atoms with Gasteiger partial charge in [-0.25, -0.2) is 0 Å². The Morgan fingerprint density at radius 2 is 1.10 bits per heavy atom. The monoisotopic (exact) mass is 1030 g/mol. The molecule has 0 aliphatic rings. The summed E-state index contributed by atoms with van der Waals surface area (Å²) >= 11 is 4.38. The number of aryl methyl sites for hydroxylation is 4. The van der Waals surface area contributed by atoms with Crippen molar-refractivity contribution in [1.82, 2.24) is 34.2 Å². The summed E-state index contributed by atoms with van der Waals surface area (Å²) in [5, 5.41) is 36.1. The number of hydrogen-bond donors (Lipinski definition) is 12. The Labute approximate surface area is 400 Å². The van der Waals surface area contributed by atoms with Gasteiger partial charge in [0.15, 0.2) is 5.96 Å². The Bertz CT molecular complexity index is 2590. The number of thioether (sulfide) groups is 1. The van der Waals surface area contributed by atoms with Crippen molar-refractivity contribution in [2.24, 2.45) is 50.4 Å². The van der Waals surface area contributed by atoms with E-state index in [2.05, 4.69) is 58.1 Å². The molecule has 4 rings (SSSR count). The average Bonchev–Trinajstić information content (AvgIpc) is 4.03. The number of aromatic nitrogens is 4. The van der Waals surface area contributed by atoms with Crippen molar-refractivity contribution in [1.29, 1.82) is 0 Å². The lowest BCUT2D eigenvalue weighted by Gasteiger charge is -2.19. The maximum absolute atomic E-state index is 13.4. The first-order chi connectivity index (χ1) is 32.0. The van der Waals surface area contributed by atoms with Crippen molar-refractivity contribution >= 4 is 110 Å². The number of nitrogens with zero attached hydrogens (tertiary/aromatic N) is 5. The SMILES string of the molecule is Cn1cc(NC(=O)c2cc(NC(=O)c3cc(NC(=O)c4cc(NC(=O)C(Br)CSC[C@H](NC(=O)CC[C@H](N)C(=O)O)C(=O)NCC(=O)O)cn4C)cn3C)cn2C)cc1C(=O)NCCN=C(N)N. The molecule has 0 bridgehead atoms. The lowest BCUT2D eigenvalue weighted by molar-refractivity contribution is -0.139. The molecule has 3 atom stereocenters. The second-order valence-corrected chi connectivity index (χ2v) is 17.2. The van der Waals surface area contributed by atoms with E-state index in [4.69, 9.17) is 27.4 Å². The Morgan fingerprint density at radius 1 is 0.662 bits per heavy atom. The highest BCUT2D eigenvalue weighted by Gasteiger charge is 2.25. The fraction of sp³-hybridized carbons (Fsp3) is 0.350. The van der Waals surface area contributed by atoms with E-state index in [1.807, 2.05) is 0 Å². The fourth-order valence-electron chi connectivity index (χ4n) is 6.20. The van der Waals surface area contributed by atoms with E-state index in [-0.39, 0.29) is 77.5 Å². The molecule has 4 heterocycles. The summed E-state index contributed by atoms with van der Waals surface area (Å²) < 4.78 is 6.02. The molecule has 366 valence electrons. The molecule has 0 radical (unpaired) electrons. The van der Waals surface area contributed by atoms with Gasteiger partial charge in [-0.05, 0) is 30.7 Å². The molecule has 0 fully saturated rings. The molecule has 15 N–H and O–H groups in total. The van der Waals surface area contributed by atoms with Crippen LogP contribution in [0.25, 0.3) is 0 Å². The molecule has 0 aliphatic carbocycles. The Kier molecular flexibility index (Phi) is 18.9. The average molecular weight is 1030 g/mol. The second-order valence-electron chi connectivity index (χ2n) is 15.0. The number of nitrogens with two attached hydrogens (primary N) is 3. The van der Waals surface area contributed by atoms with E-state index < -0.39 is 76.7 Å². The van der Waals surface area contributed by atoms with Crippen molar-refractivity contribution in [3.8, 4) is 0 Å². The van der Waals surface area contributed by atoms with Crippen LogP contribution in [0, 0.1) is 0 Å². The topological polar surface area (TPSA) is 388 Å². The molecule has 7 amide bonds. The zero-order valence-corrected chi connectivity index (χ0v) is 39.5. The number of rotatable bonds is 24. The summed E-state index contributed by atoms with van der Waals surface area (Å²) in [6, 6.07) is 3.35. The highest BCUT2D eigenvalue weighted by Crippen LogP contribution is 2.22. The fourth-order valence-corrected chi connectivity index (χ4v) is 7.84. The Balaban J connectivity index is 1.30. The molecule has 0 spiro atoms. The van der Waals surface area contributed by atoms with Gasteiger partial charge in [0.1, 0.15) is 46.2 Å². The molecule has 28 heteroatoms. The number of carbonyl (C=O) groups is 9. The van der Waals surface area contributed by atoms with Crippen LogP contribution < -0.4 is 54.4 Å². The number of amides is 7. The van der Waals surface area contributed by atoms with Crippen LogP contribution in [0.4, 0.5) is 22.7 Å². The molecule has 4 aromatic rings. The lowest BCUT2D eigenvalue weighted by atomic mass is 10.1. The molecule has 0 aromatic carbocycles. The van der Waals surface area contributed by atoms with Crippen LogP contribution in [-0.2, 0) is 52.2 Å². The minimum atomic E-state index is -1.31. The predicted molar refractivity (Wildman–Crippen MR) is 255 cm³/mol. The third-order valence-corrected chi connectivity index (χ3v) is 11.9. The third kappa shape index (κ3) is 15.5. The molecule has 0 aliphatic heterocycles. The second kappa shape index (κ2) is 24.3. The number of guanidine groups is 1. The van der Waals surface area contributed by atoms with Crippen molar-refractivity contribution in [3.05, 3.63) is 71.8 Å². The summed E-state index contributed by atoms with van der Waals surface area (Å²) in [6.07, 6.45) is 5.63. The number of aliphatic imine (C=N–C) groups is 1. The normalized spacial score (nSPS) is 12.1. The number of nitrogens with one attached hydrogen (secondary N) is 7. The maximum atomic E-state index is 13.4. The number of carbonyl (C=O) groups excluding carboxylic acids is 7. The van der Waals surface area contributed by atoms with Gasteiger partial charge >= 0.3 is 11.9 Å². The van der Waals surface area contributed by atoms with Crippen LogP contribution in [-0.4, -0.2) is 136 Å². The largest absolute Gasteiger partial charge is 0.480 e. The highest BCUT2D eigenvalue weighted by atomic mass is 79.9. The first kappa shape index (κ1) is 53.0. The van der Waals surface area contributed by atoms with Crippen molar-refractivity contribution < 1.29 is 53.4 Å². The highest BCUT2D eigenvalue weighted by molar-refractivity contribution is 9.10. The van der Waals surface area contributed by atoms with Crippen LogP contribution in [0.2, 0.25) is 0 Å². The molecular formula is C40H52BrN15O11S. The molecule has 1 unspecified atom stereocenters. The minimum absolute atomic E-state index is 0.0748. The number of carboxylic acids is 2. The number of alkyl halides is 1. The summed E-state index contributed by atoms with van der Waals surface area (Å²) in [5.41, 5.74) is 18.0. The van der Waals surface area contributed by atoms with Gasteiger partial charge < -0.3 is 82.9 Å². The van der Waals surface area contributed by atoms with E-state index in [0.29, 0.717) is 11.4 Å². The summed E-state index contributed by atoms with van der Waals surface area (Å²) in [6.45, 7) is -0.315. The molecule has 68 heavy (non-hydrogen) atoms. The van der Waals surface area contributed by atoms with Crippen LogP contribution in [0.1, 0.15) is 54.8 Å². The zero-order valence-electron chi connectivity index (χ0n) is 37.1.